The highest BCUT2D eigenvalue weighted by molar-refractivity contribution is 5.69. The quantitative estimate of drug-likeness (QED) is 0.0463. The van der Waals surface area contributed by atoms with Gasteiger partial charge in [0, 0.05) is 6.42 Å². The Hall–Kier alpha value is -0.790. The highest BCUT2D eigenvalue weighted by atomic mass is 16.5. The standard InChI is InChI=1S/C37H72O2/c1-3-5-7-9-11-13-15-16-17-18-19-20-21-22-23-24-26-28-30-32-34-36-39-37(38)35-33-31-29-27-25-14-12-10-8-6-4-2/h10,12H,3-9,11,13-36H2,1-2H3/b12-10-. The summed E-state index contributed by atoms with van der Waals surface area (Å²) in [4.78, 5) is 11.9. The lowest BCUT2D eigenvalue weighted by atomic mass is 10.0. The average molecular weight is 549 g/mol. The lowest BCUT2D eigenvalue weighted by Gasteiger charge is -2.06. The topological polar surface area (TPSA) is 26.3 Å². The second-order valence-corrected chi connectivity index (χ2v) is 12.2. The number of carbonyl (C=O) groups excluding carboxylic acids is 1. The van der Waals surface area contributed by atoms with Crippen LogP contribution in [0.2, 0.25) is 0 Å². The van der Waals surface area contributed by atoms with Gasteiger partial charge in [-0.15, -0.1) is 0 Å². The SMILES string of the molecule is CCCC/C=C\CCCCCCCC(=O)OCCCCCCCCCCCCCCCCCCCCCCC. The first-order valence-corrected chi connectivity index (χ1v) is 18.1. The molecule has 0 radical (unpaired) electrons. The van der Waals surface area contributed by atoms with E-state index in [9.17, 15) is 4.79 Å². The zero-order valence-electron chi connectivity index (χ0n) is 27.1. The molecule has 0 aromatic rings. The van der Waals surface area contributed by atoms with Crippen molar-refractivity contribution in [3.05, 3.63) is 12.2 Å². The second-order valence-electron chi connectivity index (χ2n) is 12.2. The molecule has 0 bridgehead atoms. The van der Waals surface area contributed by atoms with E-state index >= 15 is 0 Å². The van der Waals surface area contributed by atoms with Crippen LogP contribution in [0.5, 0.6) is 0 Å². The molecule has 0 aliphatic rings. The molecule has 0 aromatic carbocycles. The zero-order chi connectivity index (χ0) is 28.3. The van der Waals surface area contributed by atoms with E-state index in [0.29, 0.717) is 13.0 Å². The maximum Gasteiger partial charge on any atom is 0.305 e. The van der Waals surface area contributed by atoms with Gasteiger partial charge in [-0.25, -0.2) is 0 Å². The molecule has 0 N–H and O–H groups in total. The Morgan fingerprint density at radius 3 is 1.18 bits per heavy atom. The van der Waals surface area contributed by atoms with Crippen LogP contribution < -0.4 is 0 Å². The van der Waals surface area contributed by atoms with Gasteiger partial charge in [0.25, 0.3) is 0 Å². The Morgan fingerprint density at radius 2 is 0.744 bits per heavy atom. The summed E-state index contributed by atoms with van der Waals surface area (Å²) in [5, 5.41) is 0. The van der Waals surface area contributed by atoms with Gasteiger partial charge < -0.3 is 4.74 Å². The summed E-state index contributed by atoms with van der Waals surface area (Å²) in [6, 6.07) is 0. The Labute approximate surface area is 246 Å². The molecule has 0 fully saturated rings. The van der Waals surface area contributed by atoms with Crippen LogP contribution in [0.25, 0.3) is 0 Å². The summed E-state index contributed by atoms with van der Waals surface area (Å²) in [7, 11) is 0. The van der Waals surface area contributed by atoms with Crippen molar-refractivity contribution in [1.29, 1.82) is 0 Å². The number of allylic oxidation sites excluding steroid dienone is 2. The molecule has 0 aliphatic carbocycles. The van der Waals surface area contributed by atoms with E-state index in [1.54, 1.807) is 0 Å². The number of esters is 1. The Bertz CT molecular complexity index is 484. The van der Waals surface area contributed by atoms with Gasteiger partial charge in [-0.3, -0.25) is 4.79 Å². The number of carbonyl (C=O) groups is 1. The summed E-state index contributed by atoms with van der Waals surface area (Å²) in [5.74, 6) is 0.0158. The van der Waals surface area contributed by atoms with Crippen molar-refractivity contribution in [2.45, 2.75) is 213 Å². The summed E-state index contributed by atoms with van der Waals surface area (Å²) in [6.45, 7) is 5.17. The van der Waals surface area contributed by atoms with Crippen LogP contribution in [0.3, 0.4) is 0 Å². The number of unbranched alkanes of at least 4 members (excludes halogenated alkanes) is 27. The fourth-order valence-electron chi connectivity index (χ4n) is 5.41. The second kappa shape index (κ2) is 35.2. The van der Waals surface area contributed by atoms with Crippen molar-refractivity contribution in [3.63, 3.8) is 0 Å². The molecule has 39 heavy (non-hydrogen) atoms. The van der Waals surface area contributed by atoms with Crippen LogP contribution in [0.1, 0.15) is 213 Å². The largest absolute Gasteiger partial charge is 0.466 e. The molecule has 0 rings (SSSR count). The average Bonchev–Trinajstić information content (AvgIpc) is 2.94. The van der Waals surface area contributed by atoms with Crippen LogP contribution in [-0.2, 0) is 9.53 Å². The first kappa shape index (κ1) is 38.2. The molecule has 0 saturated carbocycles. The van der Waals surface area contributed by atoms with Crippen LogP contribution >= 0.6 is 0 Å². The summed E-state index contributed by atoms with van der Waals surface area (Å²) >= 11 is 0. The van der Waals surface area contributed by atoms with E-state index in [-0.39, 0.29) is 5.97 Å². The minimum atomic E-state index is 0.0158. The number of ether oxygens (including phenoxy) is 1. The van der Waals surface area contributed by atoms with Gasteiger partial charge in [0.05, 0.1) is 6.61 Å². The van der Waals surface area contributed by atoms with E-state index in [1.807, 2.05) is 0 Å². The molecular weight excluding hydrogens is 476 g/mol. The Morgan fingerprint density at radius 1 is 0.410 bits per heavy atom. The molecule has 0 spiro atoms. The maximum atomic E-state index is 11.9. The van der Waals surface area contributed by atoms with Crippen molar-refractivity contribution in [2.24, 2.45) is 0 Å². The van der Waals surface area contributed by atoms with Crippen LogP contribution in [0.4, 0.5) is 0 Å². The molecule has 0 unspecified atom stereocenters. The van der Waals surface area contributed by atoms with Gasteiger partial charge in [-0.1, -0.05) is 187 Å². The predicted molar refractivity (Wildman–Crippen MR) is 175 cm³/mol. The van der Waals surface area contributed by atoms with Crippen LogP contribution in [-0.4, -0.2) is 12.6 Å². The van der Waals surface area contributed by atoms with Crippen molar-refractivity contribution in [2.75, 3.05) is 6.61 Å². The fourth-order valence-corrected chi connectivity index (χ4v) is 5.41. The third-order valence-electron chi connectivity index (χ3n) is 8.15. The van der Waals surface area contributed by atoms with E-state index in [0.717, 1.165) is 19.3 Å². The van der Waals surface area contributed by atoms with Gasteiger partial charge in [0.1, 0.15) is 0 Å². The summed E-state index contributed by atoms with van der Waals surface area (Å²) < 4.78 is 5.43. The van der Waals surface area contributed by atoms with E-state index in [1.165, 1.54) is 173 Å². The summed E-state index contributed by atoms with van der Waals surface area (Å²) in [5.41, 5.74) is 0. The van der Waals surface area contributed by atoms with Crippen molar-refractivity contribution in [3.8, 4) is 0 Å². The molecule has 232 valence electrons. The number of hydrogen-bond acceptors (Lipinski definition) is 2. The van der Waals surface area contributed by atoms with E-state index in [4.69, 9.17) is 4.74 Å². The lowest BCUT2D eigenvalue weighted by Crippen LogP contribution is -2.05. The summed E-state index contributed by atoms with van der Waals surface area (Å²) in [6.07, 6.45) is 45.7. The van der Waals surface area contributed by atoms with E-state index < -0.39 is 0 Å². The number of hydrogen-bond donors (Lipinski definition) is 0. The molecule has 0 heterocycles. The van der Waals surface area contributed by atoms with Crippen molar-refractivity contribution in [1.82, 2.24) is 0 Å². The normalized spacial score (nSPS) is 11.5. The van der Waals surface area contributed by atoms with Gasteiger partial charge >= 0.3 is 5.97 Å². The highest BCUT2D eigenvalue weighted by Crippen LogP contribution is 2.15. The number of rotatable bonds is 33. The minimum absolute atomic E-state index is 0.0158. The smallest absolute Gasteiger partial charge is 0.305 e. The lowest BCUT2D eigenvalue weighted by molar-refractivity contribution is -0.143. The van der Waals surface area contributed by atoms with Crippen molar-refractivity contribution >= 4 is 5.97 Å². The molecule has 0 aromatic heterocycles. The van der Waals surface area contributed by atoms with Crippen molar-refractivity contribution < 1.29 is 9.53 Å². The third-order valence-corrected chi connectivity index (χ3v) is 8.15. The van der Waals surface area contributed by atoms with Gasteiger partial charge in [-0.05, 0) is 32.1 Å². The third kappa shape index (κ3) is 35.2. The zero-order valence-corrected chi connectivity index (χ0v) is 27.1. The molecular formula is C37H72O2. The molecule has 0 amide bonds. The highest BCUT2D eigenvalue weighted by Gasteiger charge is 2.02. The Kier molecular flexibility index (Phi) is 34.5. The molecule has 0 atom stereocenters. The molecule has 0 aliphatic heterocycles. The van der Waals surface area contributed by atoms with Crippen LogP contribution in [0, 0.1) is 0 Å². The van der Waals surface area contributed by atoms with Gasteiger partial charge in [0.15, 0.2) is 0 Å². The molecule has 0 saturated heterocycles. The van der Waals surface area contributed by atoms with E-state index in [2.05, 4.69) is 26.0 Å². The van der Waals surface area contributed by atoms with Gasteiger partial charge in [-0.2, -0.15) is 0 Å². The minimum Gasteiger partial charge on any atom is -0.466 e. The monoisotopic (exact) mass is 549 g/mol. The fraction of sp³-hybridized carbons (Fsp3) is 0.919. The van der Waals surface area contributed by atoms with Gasteiger partial charge in [0.2, 0.25) is 0 Å². The first-order chi connectivity index (χ1) is 19.3. The maximum absolute atomic E-state index is 11.9. The van der Waals surface area contributed by atoms with Crippen LogP contribution in [0.15, 0.2) is 12.2 Å². The Balaban J connectivity index is 3.15. The molecule has 2 heteroatoms. The molecule has 2 nitrogen and oxygen atoms in total. The first-order valence-electron chi connectivity index (χ1n) is 18.1. The predicted octanol–water partition coefficient (Wildman–Crippen LogP) is 13.2.